The number of esters is 2. The van der Waals surface area contributed by atoms with Crippen LogP contribution >= 0.6 is 0 Å². The molecule has 0 aromatic carbocycles. The number of ether oxygens (including phenoxy) is 2. The molecule has 0 rings (SSSR count). The Hall–Kier alpha value is -1.06. The average Bonchev–Trinajstić information content (AvgIpc) is 2.47. The Morgan fingerprint density at radius 3 is 1.62 bits per heavy atom. The number of hydrogen-bond acceptors (Lipinski definition) is 4. The van der Waals surface area contributed by atoms with Gasteiger partial charge in [0.15, 0.2) is 0 Å². The van der Waals surface area contributed by atoms with Crippen LogP contribution in [0.25, 0.3) is 0 Å². The van der Waals surface area contributed by atoms with E-state index in [4.69, 9.17) is 9.47 Å². The van der Waals surface area contributed by atoms with E-state index in [1.165, 1.54) is 0 Å². The molecule has 4 nitrogen and oxygen atoms in total. The van der Waals surface area contributed by atoms with Crippen LogP contribution in [0.1, 0.15) is 72.6 Å². The molecule has 2 atom stereocenters. The predicted octanol–water partition coefficient (Wildman–Crippen LogP) is 4.12. The summed E-state index contributed by atoms with van der Waals surface area (Å²) >= 11 is 0. The third-order valence-corrected chi connectivity index (χ3v) is 3.62. The highest BCUT2D eigenvalue weighted by Gasteiger charge is 2.33. The average molecular weight is 300 g/mol. The van der Waals surface area contributed by atoms with Gasteiger partial charge in [-0.25, -0.2) is 0 Å². The van der Waals surface area contributed by atoms with Gasteiger partial charge in [0.25, 0.3) is 0 Å². The van der Waals surface area contributed by atoms with E-state index < -0.39 is 0 Å². The van der Waals surface area contributed by atoms with E-state index in [-0.39, 0.29) is 23.8 Å². The van der Waals surface area contributed by atoms with Gasteiger partial charge in [-0.2, -0.15) is 0 Å². The molecule has 21 heavy (non-hydrogen) atoms. The maximum atomic E-state index is 12.2. The minimum atomic E-state index is -0.379. The van der Waals surface area contributed by atoms with Gasteiger partial charge in [0, 0.05) is 0 Å². The van der Waals surface area contributed by atoms with Crippen LogP contribution in [0.3, 0.4) is 0 Å². The molecule has 4 heteroatoms. The fourth-order valence-corrected chi connectivity index (χ4v) is 2.26. The van der Waals surface area contributed by atoms with E-state index in [1.807, 2.05) is 13.8 Å². The molecule has 0 spiro atoms. The fourth-order valence-electron chi connectivity index (χ4n) is 2.26. The van der Waals surface area contributed by atoms with Crippen LogP contribution in [-0.4, -0.2) is 25.2 Å². The SMILES string of the molecule is CCCCOC(=O)C(CC)C(CCC)C(=O)OCCCC. The van der Waals surface area contributed by atoms with Gasteiger partial charge >= 0.3 is 11.9 Å². The first-order valence-corrected chi connectivity index (χ1v) is 8.45. The summed E-state index contributed by atoms with van der Waals surface area (Å²) in [5, 5.41) is 0. The molecule has 0 amide bonds. The van der Waals surface area contributed by atoms with Gasteiger partial charge in [-0.1, -0.05) is 47.0 Å². The summed E-state index contributed by atoms with van der Waals surface area (Å²) in [6.45, 7) is 8.93. The van der Waals surface area contributed by atoms with Crippen molar-refractivity contribution in [1.82, 2.24) is 0 Å². The van der Waals surface area contributed by atoms with Crippen LogP contribution in [0.4, 0.5) is 0 Å². The smallest absolute Gasteiger partial charge is 0.309 e. The molecule has 0 radical (unpaired) electrons. The van der Waals surface area contributed by atoms with Crippen LogP contribution in [0.15, 0.2) is 0 Å². The zero-order chi connectivity index (χ0) is 16.1. The number of rotatable bonds is 12. The van der Waals surface area contributed by atoms with Gasteiger partial charge in [0.05, 0.1) is 25.0 Å². The van der Waals surface area contributed by atoms with Crippen LogP contribution < -0.4 is 0 Å². The maximum absolute atomic E-state index is 12.2. The van der Waals surface area contributed by atoms with Crippen molar-refractivity contribution in [2.45, 2.75) is 72.6 Å². The van der Waals surface area contributed by atoms with Crippen LogP contribution in [-0.2, 0) is 19.1 Å². The topological polar surface area (TPSA) is 52.6 Å². The van der Waals surface area contributed by atoms with Crippen LogP contribution in [0.2, 0.25) is 0 Å². The Bertz CT molecular complexity index is 289. The molecule has 124 valence electrons. The number of unbranched alkanes of at least 4 members (excludes halogenated alkanes) is 2. The van der Waals surface area contributed by atoms with E-state index >= 15 is 0 Å². The monoisotopic (exact) mass is 300 g/mol. The van der Waals surface area contributed by atoms with E-state index in [0.717, 1.165) is 32.1 Å². The van der Waals surface area contributed by atoms with Gasteiger partial charge in [-0.3, -0.25) is 9.59 Å². The zero-order valence-corrected chi connectivity index (χ0v) is 14.2. The number of carbonyl (C=O) groups is 2. The summed E-state index contributed by atoms with van der Waals surface area (Å²) in [6, 6.07) is 0. The lowest BCUT2D eigenvalue weighted by Crippen LogP contribution is -2.32. The van der Waals surface area contributed by atoms with Gasteiger partial charge in [0.1, 0.15) is 0 Å². The summed E-state index contributed by atoms with van der Waals surface area (Å²) in [4.78, 5) is 24.4. The first-order chi connectivity index (χ1) is 10.1. The van der Waals surface area contributed by atoms with Crippen molar-refractivity contribution in [2.24, 2.45) is 11.8 Å². The van der Waals surface area contributed by atoms with Crippen molar-refractivity contribution in [3.05, 3.63) is 0 Å². The molecular formula is C17H32O4. The second-order valence-corrected chi connectivity index (χ2v) is 5.45. The molecule has 0 saturated carbocycles. The Balaban J connectivity index is 4.61. The minimum Gasteiger partial charge on any atom is -0.465 e. The van der Waals surface area contributed by atoms with Crippen molar-refractivity contribution in [3.8, 4) is 0 Å². The molecule has 0 aliphatic carbocycles. The van der Waals surface area contributed by atoms with Gasteiger partial charge in [-0.05, 0) is 25.7 Å². The molecule has 0 bridgehead atoms. The molecule has 0 N–H and O–H groups in total. The zero-order valence-electron chi connectivity index (χ0n) is 14.2. The summed E-state index contributed by atoms with van der Waals surface area (Å²) in [7, 11) is 0. The van der Waals surface area contributed by atoms with Crippen molar-refractivity contribution in [3.63, 3.8) is 0 Å². The third-order valence-electron chi connectivity index (χ3n) is 3.62. The van der Waals surface area contributed by atoms with E-state index in [2.05, 4.69) is 13.8 Å². The van der Waals surface area contributed by atoms with Crippen molar-refractivity contribution in [2.75, 3.05) is 13.2 Å². The molecule has 2 unspecified atom stereocenters. The molecule has 0 aliphatic rings. The van der Waals surface area contributed by atoms with Crippen LogP contribution in [0, 0.1) is 11.8 Å². The van der Waals surface area contributed by atoms with Crippen molar-refractivity contribution < 1.29 is 19.1 Å². The second kappa shape index (κ2) is 12.7. The van der Waals surface area contributed by atoms with Crippen LogP contribution in [0.5, 0.6) is 0 Å². The molecular weight excluding hydrogens is 268 g/mol. The first-order valence-electron chi connectivity index (χ1n) is 8.45. The summed E-state index contributed by atoms with van der Waals surface area (Å²) in [6.07, 6.45) is 5.84. The van der Waals surface area contributed by atoms with E-state index in [9.17, 15) is 9.59 Å². The Morgan fingerprint density at radius 1 is 0.762 bits per heavy atom. The fraction of sp³-hybridized carbons (Fsp3) is 0.882. The first kappa shape index (κ1) is 19.9. The third kappa shape index (κ3) is 8.08. The highest BCUT2D eigenvalue weighted by Crippen LogP contribution is 2.24. The summed E-state index contributed by atoms with van der Waals surface area (Å²) in [5.41, 5.74) is 0. The molecule has 0 fully saturated rings. The highest BCUT2D eigenvalue weighted by atomic mass is 16.5. The number of hydrogen-bond donors (Lipinski definition) is 0. The largest absolute Gasteiger partial charge is 0.465 e. The highest BCUT2D eigenvalue weighted by molar-refractivity contribution is 5.82. The standard InChI is InChI=1S/C17H32O4/c1-5-9-12-20-16(18)14(8-4)15(11-7-3)17(19)21-13-10-6-2/h14-15H,5-13H2,1-4H3. The molecule has 0 saturated heterocycles. The van der Waals surface area contributed by atoms with Crippen molar-refractivity contribution in [1.29, 1.82) is 0 Å². The lowest BCUT2D eigenvalue weighted by molar-refractivity contribution is -0.161. The second-order valence-electron chi connectivity index (χ2n) is 5.45. The Labute approximate surface area is 129 Å². The van der Waals surface area contributed by atoms with Gasteiger partial charge in [0.2, 0.25) is 0 Å². The number of carbonyl (C=O) groups excluding carboxylic acids is 2. The minimum absolute atomic E-state index is 0.246. The van der Waals surface area contributed by atoms with Gasteiger partial charge < -0.3 is 9.47 Å². The normalized spacial score (nSPS) is 13.5. The quantitative estimate of drug-likeness (QED) is 0.402. The Morgan fingerprint density at radius 2 is 1.24 bits per heavy atom. The van der Waals surface area contributed by atoms with E-state index in [0.29, 0.717) is 26.1 Å². The lowest BCUT2D eigenvalue weighted by Gasteiger charge is -2.23. The van der Waals surface area contributed by atoms with E-state index in [1.54, 1.807) is 0 Å². The van der Waals surface area contributed by atoms with Gasteiger partial charge in [-0.15, -0.1) is 0 Å². The predicted molar refractivity (Wildman–Crippen MR) is 83.9 cm³/mol. The molecule has 0 aromatic heterocycles. The molecule has 0 aliphatic heterocycles. The molecule has 0 aromatic rings. The Kier molecular flexibility index (Phi) is 12.0. The summed E-state index contributed by atoms with van der Waals surface area (Å²) in [5.74, 6) is -1.25. The maximum Gasteiger partial charge on any atom is 0.309 e. The van der Waals surface area contributed by atoms with Crippen molar-refractivity contribution >= 4 is 11.9 Å². The summed E-state index contributed by atoms with van der Waals surface area (Å²) < 4.78 is 10.6. The lowest BCUT2D eigenvalue weighted by atomic mass is 9.86. The molecule has 0 heterocycles.